The van der Waals surface area contributed by atoms with Crippen LogP contribution in [0.1, 0.15) is 135 Å². The van der Waals surface area contributed by atoms with Crippen LogP contribution in [0.4, 0.5) is 0 Å². The van der Waals surface area contributed by atoms with Crippen LogP contribution in [0, 0.1) is 0 Å². The SMILES string of the molecule is CCCCCCCCCCCCCCCCCCCCCCOCCOCCOCCOCCOS(=O)(=O)[O-].[Na+]. The molecule has 0 aliphatic carbocycles. The summed E-state index contributed by atoms with van der Waals surface area (Å²) in [5, 5.41) is 0. The van der Waals surface area contributed by atoms with Crippen molar-refractivity contribution in [1.82, 2.24) is 0 Å². The molecule has 10 heteroatoms. The Morgan fingerprint density at radius 3 is 0.950 bits per heavy atom. The van der Waals surface area contributed by atoms with Gasteiger partial charge in [-0.3, -0.25) is 4.18 Å². The van der Waals surface area contributed by atoms with E-state index < -0.39 is 10.4 Å². The minimum absolute atomic E-state index is 0. The van der Waals surface area contributed by atoms with Crippen LogP contribution in [-0.4, -0.2) is 72.4 Å². The maximum absolute atomic E-state index is 10.2. The molecule has 0 saturated heterocycles. The first-order chi connectivity index (χ1) is 19.1. The van der Waals surface area contributed by atoms with E-state index in [0.717, 1.165) is 13.0 Å². The molecule has 0 aliphatic rings. The molecule has 0 fully saturated rings. The van der Waals surface area contributed by atoms with E-state index in [4.69, 9.17) is 18.9 Å². The van der Waals surface area contributed by atoms with Gasteiger partial charge in [-0.15, -0.1) is 0 Å². The van der Waals surface area contributed by atoms with Crippen molar-refractivity contribution in [2.24, 2.45) is 0 Å². The van der Waals surface area contributed by atoms with E-state index >= 15 is 0 Å². The minimum atomic E-state index is -4.64. The zero-order valence-electron chi connectivity index (χ0n) is 26.2. The molecule has 40 heavy (non-hydrogen) atoms. The molecule has 0 rings (SSSR count). The van der Waals surface area contributed by atoms with Gasteiger partial charge in [-0.2, -0.15) is 0 Å². The van der Waals surface area contributed by atoms with E-state index in [1.165, 1.54) is 122 Å². The molecule has 0 saturated carbocycles. The van der Waals surface area contributed by atoms with E-state index in [1.807, 2.05) is 0 Å². The van der Waals surface area contributed by atoms with E-state index in [9.17, 15) is 13.0 Å². The molecule has 0 aromatic rings. The van der Waals surface area contributed by atoms with Crippen molar-refractivity contribution in [1.29, 1.82) is 0 Å². The first kappa shape index (κ1) is 42.8. The third-order valence-corrected chi connectivity index (χ3v) is 7.17. The Balaban J connectivity index is 0. The smallest absolute Gasteiger partial charge is 0.726 e. The second-order valence-electron chi connectivity index (χ2n) is 10.4. The molecule has 0 radical (unpaired) electrons. The van der Waals surface area contributed by atoms with Gasteiger partial charge in [-0.25, -0.2) is 8.42 Å². The van der Waals surface area contributed by atoms with E-state index in [1.54, 1.807) is 0 Å². The summed E-state index contributed by atoms with van der Waals surface area (Å²) in [6.07, 6.45) is 27.8. The second kappa shape index (κ2) is 35.9. The quantitative estimate of drug-likeness (QED) is 0.0462. The van der Waals surface area contributed by atoms with Crippen LogP contribution < -0.4 is 29.6 Å². The summed E-state index contributed by atoms with van der Waals surface area (Å²) in [7, 11) is -4.64. The van der Waals surface area contributed by atoms with Crippen molar-refractivity contribution in [2.45, 2.75) is 135 Å². The summed E-state index contributed by atoms with van der Waals surface area (Å²) in [6, 6.07) is 0. The summed E-state index contributed by atoms with van der Waals surface area (Å²) in [4.78, 5) is 0. The van der Waals surface area contributed by atoms with Crippen LogP contribution in [-0.2, 0) is 33.5 Å². The molecule has 0 amide bonds. The number of ether oxygens (including phenoxy) is 4. The Kier molecular flexibility index (Phi) is 38.5. The van der Waals surface area contributed by atoms with Gasteiger partial charge in [-0.1, -0.05) is 129 Å². The fourth-order valence-electron chi connectivity index (χ4n) is 4.42. The molecule has 8 nitrogen and oxygen atoms in total. The average Bonchev–Trinajstić information content (AvgIpc) is 2.90. The monoisotopic (exact) mass is 604 g/mol. The molecule has 0 unspecified atom stereocenters. The van der Waals surface area contributed by atoms with Crippen LogP contribution in [0.15, 0.2) is 0 Å². The summed E-state index contributed by atoms with van der Waals surface area (Å²) in [6.45, 7) is 5.58. The predicted molar refractivity (Wildman–Crippen MR) is 157 cm³/mol. The Morgan fingerprint density at radius 1 is 0.400 bits per heavy atom. The van der Waals surface area contributed by atoms with Crippen molar-refractivity contribution in [3.63, 3.8) is 0 Å². The summed E-state index contributed by atoms with van der Waals surface area (Å²) in [5.41, 5.74) is 0. The summed E-state index contributed by atoms with van der Waals surface area (Å²) in [5.74, 6) is 0. The number of hydrogen-bond donors (Lipinski definition) is 0. The molecular weight excluding hydrogens is 543 g/mol. The van der Waals surface area contributed by atoms with Gasteiger partial charge in [-0.05, 0) is 6.42 Å². The maximum Gasteiger partial charge on any atom is 1.00 e. The van der Waals surface area contributed by atoms with Gasteiger partial charge >= 0.3 is 29.6 Å². The van der Waals surface area contributed by atoms with Crippen molar-refractivity contribution >= 4 is 10.4 Å². The van der Waals surface area contributed by atoms with E-state index in [-0.39, 0.29) is 42.8 Å². The molecule has 236 valence electrons. The molecule has 0 atom stereocenters. The molecule has 0 aromatic carbocycles. The Hall–Kier alpha value is 0.710. The third-order valence-electron chi connectivity index (χ3n) is 6.71. The van der Waals surface area contributed by atoms with Crippen LogP contribution in [0.25, 0.3) is 0 Å². The van der Waals surface area contributed by atoms with Gasteiger partial charge in [0, 0.05) is 6.61 Å². The molecule has 0 N–H and O–H groups in total. The molecule has 0 spiro atoms. The van der Waals surface area contributed by atoms with E-state index in [0.29, 0.717) is 39.6 Å². The van der Waals surface area contributed by atoms with Gasteiger partial charge in [0.1, 0.15) is 0 Å². The van der Waals surface area contributed by atoms with Gasteiger partial charge in [0.2, 0.25) is 10.4 Å². The normalized spacial score (nSPS) is 11.7. The second-order valence-corrected chi connectivity index (χ2v) is 11.4. The average molecular weight is 605 g/mol. The third kappa shape index (κ3) is 40.8. The first-order valence-corrected chi connectivity index (χ1v) is 17.3. The summed E-state index contributed by atoms with van der Waals surface area (Å²) >= 11 is 0. The standard InChI is InChI=1S/C30H62O8S.Na/c1-2-3-4-5-6-7-8-9-10-11-12-13-14-15-16-17-18-19-20-21-22-34-23-24-35-25-26-36-27-28-37-29-30-38-39(31,32)33;/h2-30H2,1H3,(H,31,32,33);/q;+1/p-1. The van der Waals surface area contributed by atoms with Crippen LogP contribution in [0.5, 0.6) is 0 Å². The fourth-order valence-corrected chi connectivity index (χ4v) is 4.69. The Morgan fingerprint density at radius 2 is 0.650 bits per heavy atom. The van der Waals surface area contributed by atoms with Crippen molar-refractivity contribution in [2.75, 3.05) is 59.5 Å². The number of unbranched alkanes of at least 4 members (excludes halogenated alkanes) is 19. The molecule has 0 aliphatic heterocycles. The minimum Gasteiger partial charge on any atom is -0.726 e. The van der Waals surface area contributed by atoms with Gasteiger partial charge in [0.05, 0.1) is 52.9 Å². The van der Waals surface area contributed by atoms with Crippen LogP contribution in [0.3, 0.4) is 0 Å². The summed E-state index contributed by atoms with van der Waals surface area (Å²) < 4.78 is 56.1. The maximum atomic E-state index is 10.2. The van der Waals surface area contributed by atoms with Gasteiger partial charge < -0.3 is 23.5 Å². The van der Waals surface area contributed by atoms with Crippen LogP contribution in [0.2, 0.25) is 0 Å². The van der Waals surface area contributed by atoms with Crippen molar-refractivity contribution in [3.8, 4) is 0 Å². The largest absolute Gasteiger partial charge is 1.00 e. The number of rotatable bonds is 34. The first-order valence-electron chi connectivity index (χ1n) is 16.0. The predicted octanol–water partition coefficient (Wildman–Crippen LogP) is 4.36. The zero-order valence-corrected chi connectivity index (χ0v) is 29.0. The van der Waals surface area contributed by atoms with Crippen LogP contribution >= 0.6 is 0 Å². The fraction of sp³-hybridized carbons (Fsp3) is 1.00. The molecular formula is C30H61NaO8S. The van der Waals surface area contributed by atoms with Gasteiger partial charge in [0.15, 0.2) is 0 Å². The Labute approximate surface area is 269 Å². The van der Waals surface area contributed by atoms with Crippen molar-refractivity contribution in [3.05, 3.63) is 0 Å². The Bertz CT molecular complexity index is 566. The van der Waals surface area contributed by atoms with Crippen molar-refractivity contribution < 1.29 is 65.7 Å². The van der Waals surface area contributed by atoms with Gasteiger partial charge in [0.25, 0.3) is 0 Å². The number of hydrogen-bond acceptors (Lipinski definition) is 8. The van der Waals surface area contributed by atoms with E-state index in [2.05, 4.69) is 11.1 Å². The topological polar surface area (TPSA) is 103 Å². The molecule has 0 heterocycles. The molecule has 0 aromatic heterocycles. The molecule has 0 bridgehead atoms. The zero-order chi connectivity index (χ0) is 28.5.